The van der Waals surface area contributed by atoms with E-state index in [4.69, 9.17) is 5.26 Å². The maximum Gasteiger partial charge on any atom is 0.416 e. The second kappa shape index (κ2) is 7.53. The van der Waals surface area contributed by atoms with Crippen LogP contribution in [0.2, 0.25) is 0 Å². The summed E-state index contributed by atoms with van der Waals surface area (Å²) in [5.74, 6) is 0. The smallest absolute Gasteiger partial charge is 0.325 e. The number of carbonyl (C=O) groups excluding carboxylic acids is 1. The lowest BCUT2D eigenvalue weighted by Gasteiger charge is -2.11. The molecule has 0 aliphatic rings. The number of carbonyl (C=O) groups is 1. The predicted octanol–water partition coefficient (Wildman–Crippen LogP) is 3.73. The normalized spacial score (nSPS) is 12.1. The van der Waals surface area contributed by atoms with E-state index in [9.17, 15) is 18.0 Å². The van der Waals surface area contributed by atoms with Crippen molar-refractivity contribution >= 4 is 17.4 Å². The highest BCUT2D eigenvalue weighted by atomic mass is 32.1. The van der Waals surface area contributed by atoms with Gasteiger partial charge in [0.15, 0.2) is 4.80 Å². The first-order valence-corrected chi connectivity index (χ1v) is 8.07. The van der Waals surface area contributed by atoms with Gasteiger partial charge < -0.3 is 4.90 Å². The molecule has 0 bridgehead atoms. The van der Waals surface area contributed by atoms with Crippen LogP contribution in [0.5, 0.6) is 0 Å². The van der Waals surface area contributed by atoms with Gasteiger partial charge in [0.1, 0.15) is 0 Å². The Balaban J connectivity index is 2.37. The zero-order chi connectivity index (χ0) is 18.6. The molecule has 0 fully saturated rings. The third-order valence-electron chi connectivity index (χ3n) is 3.32. The number of nitriles is 1. The second-order valence-electron chi connectivity index (χ2n) is 5.26. The Morgan fingerprint density at radius 3 is 2.56 bits per heavy atom. The van der Waals surface area contributed by atoms with Crippen LogP contribution in [-0.2, 0) is 6.18 Å². The lowest BCUT2D eigenvalue weighted by molar-refractivity contribution is -0.137. The van der Waals surface area contributed by atoms with Crippen LogP contribution in [0, 0.1) is 18.3 Å². The number of aryl methyl sites for hydroxylation is 1. The van der Waals surface area contributed by atoms with Crippen molar-refractivity contribution < 1.29 is 18.0 Å². The standard InChI is InChI=1S/C16H15F3N4OS/c1-11-10-23(13-6-4-12(5-7-13)16(17,18)19)15(25-11)21-14(24)22(2)9-3-8-20/h4-7,10H,3,9H2,1-2H3. The lowest BCUT2D eigenvalue weighted by atomic mass is 10.2. The number of nitrogens with zero attached hydrogens (tertiary/aromatic N) is 4. The number of alkyl halides is 3. The first-order valence-electron chi connectivity index (χ1n) is 7.26. The summed E-state index contributed by atoms with van der Waals surface area (Å²) in [6.45, 7) is 2.07. The maximum atomic E-state index is 12.7. The molecule has 0 N–H and O–H groups in total. The van der Waals surface area contributed by atoms with E-state index in [2.05, 4.69) is 4.99 Å². The van der Waals surface area contributed by atoms with Crippen LogP contribution in [0.4, 0.5) is 18.0 Å². The summed E-state index contributed by atoms with van der Waals surface area (Å²) in [5.41, 5.74) is -0.266. The van der Waals surface area contributed by atoms with Gasteiger partial charge in [-0.15, -0.1) is 11.3 Å². The molecule has 132 valence electrons. The van der Waals surface area contributed by atoms with E-state index in [0.717, 1.165) is 17.0 Å². The fraction of sp³-hybridized carbons (Fsp3) is 0.312. The molecule has 1 heterocycles. The van der Waals surface area contributed by atoms with Crippen LogP contribution in [0.15, 0.2) is 35.5 Å². The molecule has 25 heavy (non-hydrogen) atoms. The first kappa shape index (κ1) is 18.7. The van der Waals surface area contributed by atoms with E-state index in [-0.39, 0.29) is 13.0 Å². The van der Waals surface area contributed by atoms with Crippen molar-refractivity contribution in [2.45, 2.75) is 19.5 Å². The van der Waals surface area contributed by atoms with Crippen molar-refractivity contribution in [3.8, 4) is 11.8 Å². The Bertz CT molecular complexity index is 859. The summed E-state index contributed by atoms with van der Waals surface area (Å²) >= 11 is 1.25. The molecule has 0 aliphatic carbocycles. The van der Waals surface area contributed by atoms with Gasteiger partial charge in [-0.2, -0.15) is 23.4 Å². The van der Waals surface area contributed by atoms with Gasteiger partial charge in [-0.3, -0.25) is 4.57 Å². The molecule has 0 saturated carbocycles. The Kier molecular flexibility index (Phi) is 5.64. The quantitative estimate of drug-likeness (QED) is 0.829. The van der Waals surface area contributed by atoms with Gasteiger partial charge in [-0.05, 0) is 31.2 Å². The number of hydrogen-bond donors (Lipinski definition) is 0. The number of thiazole rings is 1. The Morgan fingerprint density at radius 2 is 2.00 bits per heavy atom. The molecule has 0 unspecified atom stereocenters. The average Bonchev–Trinajstić information content (AvgIpc) is 2.92. The summed E-state index contributed by atoms with van der Waals surface area (Å²) in [6.07, 6.45) is -2.50. The Labute approximate surface area is 146 Å². The third kappa shape index (κ3) is 4.70. The Morgan fingerprint density at radius 1 is 1.36 bits per heavy atom. The molecule has 9 heteroatoms. The number of rotatable bonds is 3. The van der Waals surface area contributed by atoms with Gasteiger partial charge in [-0.1, -0.05) is 0 Å². The molecule has 2 rings (SSSR count). The molecule has 5 nitrogen and oxygen atoms in total. The summed E-state index contributed by atoms with van der Waals surface area (Å²) in [7, 11) is 1.53. The van der Waals surface area contributed by atoms with Gasteiger partial charge in [0, 0.05) is 30.4 Å². The fourth-order valence-corrected chi connectivity index (χ4v) is 2.84. The first-order chi connectivity index (χ1) is 11.7. The molecular weight excluding hydrogens is 353 g/mol. The minimum atomic E-state index is -4.40. The Hall–Kier alpha value is -2.60. The van der Waals surface area contributed by atoms with Crippen molar-refractivity contribution in [2.24, 2.45) is 4.99 Å². The minimum absolute atomic E-state index is 0.195. The highest BCUT2D eigenvalue weighted by Crippen LogP contribution is 2.29. The monoisotopic (exact) mass is 368 g/mol. The topological polar surface area (TPSA) is 61.4 Å². The highest BCUT2D eigenvalue weighted by molar-refractivity contribution is 7.09. The number of halogens is 3. The molecule has 0 radical (unpaired) electrons. The van der Waals surface area contributed by atoms with Crippen LogP contribution in [0.1, 0.15) is 16.9 Å². The van der Waals surface area contributed by atoms with E-state index >= 15 is 0 Å². The van der Waals surface area contributed by atoms with Crippen molar-refractivity contribution in [3.05, 3.63) is 45.7 Å². The van der Waals surface area contributed by atoms with Crippen LogP contribution in [-0.4, -0.2) is 29.1 Å². The largest absolute Gasteiger partial charge is 0.416 e. The van der Waals surface area contributed by atoms with E-state index in [0.29, 0.717) is 10.5 Å². The molecule has 0 saturated heterocycles. The predicted molar refractivity (Wildman–Crippen MR) is 87.2 cm³/mol. The molecule has 1 aromatic heterocycles. The molecular formula is C16H15F3N4OS. The van der Waals surface area contributed by atoms with Gasteiger partial charge >= 0.3 is 12.2 Å². The van der Waals surface area contributed by atoms with Crippen LogP contribution < -0.4 is 4.80 Å². The maximum absolute atomic E-state index is 12.7. The number of urea groups is 1. The van der Waals surface area contributed by atoms with Crippen molar-refractivity contribution in [3.63, 3.8) is 0 Å². The number of hydrogen-bond acceptors (Lipinski definition) is 3. The number of aromatic nitrogens is 1. The molecule has 0 spiro atoms. The molecule has 2 amide bonds. The second-order valence-corrected chi connectivity index (χ2v) is 6.48. The zero-order valence-electron chi connectivity index (χ0n) is 13.5. The number of amides is 2. The fourth-order valence-electron chi connectivity index (χ4n) is 2.01. The van der Waals surface area contributed by atoms with Gasteiger partial charge in [0.2, 0.25) is 0 Å². The van der Waals surface area contributed by atoms with Gasteiger partial charge in [-0.25, -0.2) is 4.79 Å². The average molecular weight is 368 g/mol. The summed E-state index contributed by atoms with van der Waals surface area (Å²) < 4.78 is 39.6. The summed E-state index contributed by atoms with van der Waals surface area (Å²) in [4.78, 5) is 18.6. The molecule has 0 aliphatic heterocycles. The van der Waals surface area contributed by atoms with Gasteiger partial charge in [0.05, 0.1) is 18.1 Å². The van der Waals surface area contributed by atoms with Crippen LogP contribution >= 0.6 is 11.3 Å². The third-order valence-corrected chi connectivity index (χ3v) is 4.22. The highest BCUT2D eigenvalue weighted by Gasteiger charge is 2.30. The van der Waals surface area contributed by atoms with Crippen LogP contribution in [0.3, 0.4) is 0 Å². The van der Waals surface area contributed by atoms with E-state index in [1.54, 1.807) is 10.8 Å². The SMILES string of the molecule is Cc1cn(-c2ccc(C(F)(F)F)cc2)c(=NC(=O)N(C)CCC#N)s1. The summed E-state index contributed by atoms with van der Waals surface area (Å²) in [6, 6.07) is 6.06. The molecule has 2 aromatic rings. The zero-order valence-corrected chi connectivity index (χ0v) is 14.4. The minimum Gasteiger partial charge on any atom is -0.325 e. The van der Waals surface area contributed by atoms with E-state index in [1.807, 2.05) is 13.0 Å². The van der Waals surface area contributed by atoms with Crippen LogP contribution in [0.25, 0.3) is 5.69 Å². The lowest BCUT2D eigenvalue weighted by Crippen LogP contribution is -2.27. The van der Waals surface area contributed by atoms with Crippen molar-refractivity contribution in [1.29, 1.82) is 5.26 Å². The summed E-state index contributed by atoms with van der Waals surface area (Å²) in [5, 5.41) is 8.56. The molecule has 0 atom stereocenters. The number of benzene rings is 1. The van der Waals surface area contributed by atoms with E-state index in [1.165, 1.54) is 35.4 Å². The van der Waals surface area contributed by atoms with E-state index < -0.39 is 17.8 Å². The molecule has 1 aromatic carbocycles. The van der Waals surface area contributed by atoms with Gasteiger partial charge in [0.25, 0.3) is 0 Å². The van der Waals surface area contributed by atoms with Crippen molar-refractivity contribution in [1.82, 2.24) is 9.47 Å². The van der Waals surface area contributed by atoms with Crippen molar-refractivity contribution in [2.75, 3.05) is 13.6 Å².